The fraction of sp³-hybridized carbons (Fsp3) is 0.200. The first-order valence-corrected chi connectivity index (χ1v) is 5.98. The molecular weight excluding hydrogens is 358 g/mol. The van der Waals surface area contributed by atoms with E-state index in [2.05, 4.69) is 22.6 Å². The van der Waals surface area contributed by atoms with Gasteiger partial charge in [-0.25, -0.2) is 9.59 Å². The topological polar surface area (TPSA) is 86.7 Å². The standard InChI is InChI=1S/2C5H4Cl2O3/c2*1-3(6)2-10-5(9)4(7)8/h2*1-2H2. The second-order valence-electron chi connectivity index (χ2n) is 2.73. The lowest BCUT2D eigenvalue weighted by Gasteiger charge is -1.96. The molecule has 0 radical (unpaired) electrons. The lowest BCUT2D eigenvalue weighted by molar-refractivity contribution is -0.149. The Morgan fingerprint density at radius 2 is 0.950 bits per heavy atom. The summed E-state index contributed by atoms with van der Waals surface area (Å²) in [5.41, 5.74) is 0. The van der Waals surface area contributed by atoms with Gasteiger partial charge in [-0.1, -0.05) is 36.4 Å². The predicted octanol–water partition coefficient (Wildman–Crippen LogP) is 2.09. The molecule has 0 saturated heterocycles. The lowest BCUT2D eigenvalue weighted by atomic mass is 10.6. The van der Waals surface area contributed by atoms with Crippen LogP contribution in [0.5, 0.6) is 0 Å². The molecule has 0 bridgehead atoms. The number of hydrogen-bond acceptors (Lipinski definition) is 6. The average Bonchev–Trinajstić information content (AvgIpc) is 2.33. The van der Waals surface area contributed by atoms with Crippen molar-refractivity contribution in [2.45, 2.75) is 0 Å². The van der Waals surface area contributed by atoms with E-state index < -0.39 is 22.4 Å². The number of rotatable bonds is 6. The smallest absolute Gasteiger partial charge is 0.391 e. The number of halogens is 4. The van der Waals surface area contributed by atoms with E-state index in [1.54, 1.807) is 0 Å². The zero-order valence-electron chi connectivity index (χ0n) is 9.79. The summed E-state index contributed by atoms with van der Waals surface area (Å²) >= 11 is 19.9. The van der Waals surface area contributed by atoms with Gasteiger partial charge in [0.05, 0.1) is 0 Å². The van der Waals surface area contributed by atoms with Crippen molar-refractivity contribution in [3.05, 3.63) is 23.2 Å². The first-order chi connectivity index (χ1) is 9.07. The van der Waals surface area contributed by atoms with Gasteiger partial charge in [0.15, 0.2) is 0 Å². The maximum absolute atomic E-state index is 10.2. The first-order valence-electron chi connectivity index (χ1n) is 4.47. The SMILES string of the molecule is C=C(Cl)COC(=O)C(=O)Cl.C=C(Cl)COC(=O)C(=O)Cl. The second kappa shape index (κ2) is 11.7. The van der Waals surface area contributed by atoms with Gasteiger partial charge in [-0.2, -0.15) is 0 Å². The van der Waals surface area contributed by atoms with Gasteiger partial charge in [0, 0.05) is 10.1 Å². The normalized spacial score (nSPS) is 8.60. The maximum Gasteiger partial charge on any atom is 0.391 e. The Labute approximate surface area is 134 Å². The van der Waals surface area contributed by atoms with Crippen molar-refractivity contribution in [2.75, 3.05) is 13.2 Å². The van der Waals surface area contributed by atoms with Crippen LogP contribution in [0.4, 0.5) is 0 Å². The molecule has 0 spiro atoms. The van der Waals surface area contributed by atoms with Crippen molar-refractivity contribution in [1.82, 2.24) is 0 Å². The molecule has 10 heteroatoms. The van der Waals surface area contributed by atoms with Crippen molar-refractivity contribution in [2.24, 2.45) is 0 Å². The summed E-state index contributed by atoms with van der Waals surface area (Å²) in [6.45, 7) is 6.05. The zero-order chi connectivity index (χ0) is 16.3. The Bertz CT molecular complexity index is 391. The third-order valence-corrected chi connectivity index (χ3v) is 1.57. The monoisotopic (exact) mass is 364 g/mol. The third kappa shape index (κ3) is 15.0. The molecule has 0 aromatic rings. The van der Waals surface area contributed by atoms with Crippen molar-refractivity contribution in [3.63, 3.8) is 0 Å². The van der Waals surface area contributed by atoms with Gasteiger partial charge in [0.25, 0.3) is 0 Å². The molecule has 0 aromatic carbocycles. The quantitative estimate of drug-likeness (QED) is 0.407. The Hall–Kier alpha value is -1.08. The molecule has 0 atom stereocenters. The molecule has 0 amide bonds. The largest absolute Gasteiger partial charge is 0.453 e. The van der Waals surface area contributed by atoms with Crippen molar-refractivity contribution in [1.29, 1.82) is 0 Å². The van der Waals surface area contributed by atoms with E-state index in [9.17, 15) is 19.2 Å². The van der Waals surface area contributed by atoms with Crippen LogP contribution >= 0.6 is 46.4 Å². The predicted molar refractivity (Wildman–Crippen MR) is 73.6 cm³/mol. The molecule has 0 aliphatic rings. The third-order valence-electron chi connectivity index (χ3n) is 1.04. The highest BCUT2D eigenvalue weighted by Crippen LogP contribution is 1.98. The minimum absolute atomic E-state index is 0.131. The van der Waals surface area contributed by atoms with Crippen molar-refractivity contribution < 1.29 is 28.7 Å². The summed E-state index contributed by atoms with van der Waals surface area (Å²) in [4.78, 5) is 40.4. The van der Waals surface area contributed by atoms with Crippen LogP contribution < -0.4 is 0 Å². The molecule has 0 saturated carbocycles. The van der Waals surface area contributed by atoms with Crippen LogP contribution in [-0.2, 0) is 28.7 Å². The van der Waals surface area contributed by atoms with Gasteiger partial charge in [-0.15, -0.1) is 0 Å². The van der Waals surface area contributed by atoms with E-state index >= 15 is 0 Å². The summed E-state index contributed by atoms with van der Waals surface area (Å²) in [5.74, 6) is -2.24. The minimum atomic E-state index is -1.17. The fourth-order valence-electron chi connectivity index (χ4n) is 0.401. The Kier molecular flexibility index (Phi) is 12.4. The summed E-state index contributed by atoms with van der Waals surface area (Å²) < 4.78 is 8.43. The molecule has 20 heavy (non-hydrogen) atoms. The Balaban J connectivity index is 0. The molecular formula is C10H8Cl4O6. The molecule has 6 nitrogen and oxygen atoms in total. The fourth-order valence-corrected chi connectivity index (χ4v) is 0.619. The van der Waals surface area contributed by atoms with Gasteiger partial charge < -0.3 is 9.47 Å². The molecule has 0 fully saturated rings. The van der Waals surface area contributed by atoms with E-state index in [0.717, 1.165) is 0 Å². The van der Waals surface area contributed by atoms with Crippen LogP contribution in [0.2, 0.25) is 0 Å². The molecule has 0 aliphatic heterocycles. The summed E-state index contributed by atoms with van der Waals surface area (Å²) in [6.07, 6.45) is 0. The molecule has 0 rings (SSSR count). The van der Waals surface area contributed by atoms with Gasteiger partial charge in [-0.05, 0) is 23.2 Å². The van der Waals surface area contributed by atoms with E-state index in [1.165, 1.54) is 0 Å². The first kappa shape index (κ1) is 21.2. The molecule has 0 unspecified atom stereocenters. The van der Waals surface area contributed by atoms with E-state index in [0.29, 0.717) is 0 Å². The van der Waals surface area contributed by atoms with Crippen LogP contribution in [0.3, 0.4) is 0 Å². The number of esters is 2. The lowest BCUT2D eigenvalue weighted by Crippen LogP contribution is -2.12. The highest BCUT2D eigenvalue weighted by molar-refractivity contribution is 6.80. The van der Waals surface area contributed by atoms with E-state index in [4.69, 9.17) is 46.4 Å². The number of carbonyl (C=O) groups is 4. The maximum atomic E-state index is 10.2. The molecule has 0 aliphatic carbocycles. The van der Waals surface area contributed by atoms with Gasteiger partial charge in [-0.3, -0.25) is 9.59 Å². The zero-order valence-corrected chi connectivity index (χ0v) is 12.8. The van der Waals surface area contributed by atoms with Crippen LogP contribution in [0.15, 0.2) is 23.2 Å². The molecule has 0 heterocycles. The highest BCUT2D eigenvalue weighted by Gasteiger charge is 2.11. The number of ether oxygens (including phenoxy) is 2. The average molecular weight is 366 g/mol. The molecule has 0 aromatic heterocycles. The van der Waals surface area contributed by atoms with Gasteiger partial charge in [0.1, 0.15) is 13.2 Å². The van der Waals surface area contributed by atoms with Gasteiger partial charge in [0.2, 0.25) is 0 Å². The van der Waals surface area contributed by atoms with Gasteiger partial charge >= 0.3 is 22.4 Å². The van der Waals surface area contributed by atoms with Crippen LogP contribution in [0, 0.1) is 0 Å². The minimum Gasteiger partial charge on any atom is -0.453 e. The Morgan fingerprint density at radius 1 is 0.700 bits per heavy atom. The van der Waals surface area contributed by atoms with Crippen LogP contribution in [0.25, 0.3) is 0 Å². The van der Waals surface area contributed by atoms with E-state index in [1.807, 2.05) is 0 Å². The molecule has 0 N–H and O–H groups in total. The number of carbonyl (C=O) groups excluding carboxylic acids is 4. The van der Waals surface area contributed by atoms with Crippen LogP contribution in [-0.4, -0.2) is 35.6 Å². The van der Waals surface area contributed by atoms with Crippen molar-refractivity contribution >= 4 is 68.8 Å². The summed E-state index contributed by atoms with van der Waals surface area (Å²) in [7, 11) is 0. The van der Waals surface area contributed by atoms with Crippen LogP contribution in [0.1, 0.15) is 0 Å². The summed E-state index contributed by atoms with van der Waals surface area (Å²) in [5, 5.41) is -2.08. The second-order valence-corrected chi connectivity index (χ2v) is 4.49. The summed E-state index contributed by atoms with van der Waals surface area (Å²) in [6, 6.07) is 0. The number of hydrogen-bond donors (Lipinski definition) is 0. The molecule has 112 valence electrons. The van der Waals surface area contributed by atoms with Crippen molar-refractivity contribution in [3.8, 4) is 0 Å². The highest BCUT2D eigenvalue weighted by atomic mass is 35.5. The van der Waals surface area contributed by atoms with E-state index in [-0.39, 0.29) is 23.3 Å². The Morgan fingerprint density at radius 3 is 1.10 bits per heavy atom.